The SMILES string of the molecule is C=C(C(O)CC=C(C)C)C1[C@H](OC)[C@H](OC(=O)N[C@@H](C(N)=O)C(C)C)CC[C@@]1(C)O. The van der Waals surface area contributed by atoms with E-state index in [0.29, 0.717) is 24.8 Å². The second-order valence-corrected chi connectivity index (χ2v) is 8.89. The first kappa shape index (κ1) is 26.1. The lowest BCUT2D eigenvalue weighted by molar-refractivity contribution is -0.145. The van der Waals surface area contributed by atoms with Crippen molar-refractivity contribution < 1.29 is 29.3 Å². The van der Waals surface area contributed by atoms with Crippen LogP contribution in [0.5, 0.6) is 0 Å². The number of rotatable bonds is 9. The average molecular weight is 427 g/mol. The van der Waals surface area contributed by atoms with Crippen molar-refractivity contribution in [2.24, 2.45) is 17.6 Å². The van der Waals surface area contributed by atoms with Gasteiger partial charge in [-0.05, 0) is 51.5 Å². The van der Waals surface area contributed by atoms with Crippen LogP contribution >= 0.6 is 0 Å². The number of methoxy groups -OCH3 is 1. The first-order valence-electron chi connectivity index (χ1n) is 10.3. The van der Waals surface area contributed by atoms with Gasteiger partial charge in [0.25, 0.3) is 0 Å². The summed E-state index contributed by atoms with van der Waals surface area (Å²) in [4.78, 5) is 24.0. The van der Waals surface area contributed by atoms with Crippen molar-refractivity contribution in [3.63, 3.8) is 0 Å². The summed E-state index contributed by atoms with van der Waals surface area (Å²) in [6, 6.07) is -0.859. The average Bonchev–Trinajstić information content (AvgIpc) is 2.63. The summed E-state index contributed by atoms with van der Waals surface area (Å²) in [5, 5.41) is 24.1. The van der Waals surface area contributed by atoms with E-state index in [1.165, 1.54) is 7.11 Å². The summed E-state index contributed by atoms with van der Waals surface area (Å²) in [7, 11) is 1.46. The minimum atomic E-state index is -1.19. The molecule has 6 atom stereocenters. The van der Waals surface area contributed by atoms with E-state index in [0.717, 1.165) is 5.57 Å². The number of primary amides is 1. The van der Waals surface area contributed by atoms with E-state index < -0.39 is 47.9 Å². The Bertz CT molecular complexity index is 654. The highest BCUT2D eigenvalue weighted by Gasteiger charge is 2.49. The van der Waals surface area contributed by atoms with E-state index in [9.17, 15) is 19.8 Å². The number of aliphatic hydroxyl groups is 2. The molecule has 1 saturated carbocycles. The molecule has 0 radical (unpaired) electrons. The molecule has 0 aliphatic heterocycles. The van der Waals surface area contributed by atoms with Crippen molar-refractivity contribution in [2.45, 2.75) is 83.8 Å². The first-order valence-corrected chi connectivity index (χ1v) is 10.3. The van der Waals surface area contributed by atoms with Gasteiger partial charge in [-0.2, -0.15) is 0 Å². The van der Waals surface area contributed by atoms with Gasteiger partial charge in [0.2, 0.25) is 5.91 Å². The third kappa shape index (κ3) is 6.82. The normalized spacial score (nSPS) is 28.4. The molecular formula is C22H38N2O6. The molecule has 2 amide bonds. The van der Waals surface area contributed by atoms with Crippen molar-refractivity contribution >= 4 is 12.0 Å². The molecule has 1 fully saturated rings. The Labute approximate surface area is 179 Å². The number of carbonyl (C=O) groups excluding carboxylic acids is 2. The zero-order chi connectivity index (χ0) is 23.2. The number of hydrogen-bond donors (Lipinski definition) is 4. The lowest BCUT2D eigenvalue weighted by atomic mass is 9.68. The Balaban J connectivity index is 3.00. The number of amides is 2. The van der Waals surface area contributed by atoms with Gasteiger partial charge < -0.3 is 30.7 Å². The molecule has 0 bridgehead atoms. The second kappa shape index (κ2) is 10.9. The van der Waals surface area contributed by atoms with E-state index in [-0.39, 0.29) is 5.92 Å². The fourth-order valence-corrected chi connectivity index (χ4v) is 3.92. The molecule has 0 saturated heterocycles. The van der Waals surface area contributed by atoms with Crippen molar-refractivity contribution in [3.05, 3.63) is 23.8 Å². The lowest BCUT2D eigenvalue weighted by Gasteiger charge is -2.47. The quantitative estimate of drug-likeness (QED) is 0.417. The van der Waals surface area contributed by atoms with E-state index in [2.05, 4.69) is 11.9 Å². The smallest absolute Gasteiger partial charge is 0.408 e. The molecule has 8 heteroatoms. The molecule has 0 aromatic carbocycles. The lowest BCUT2D eigenvalue weighted by Crippen LogP contribution is -2.56. The van der Waals surface area contributed by atoms with E-state index >= 15 is 0 Å². The summed E-state index contributed by atoms with van der Waals surface area (Å²) in [5.74, 6) is -1.49. The zero-order valence-corrected chi connectivity index (χ0v) is 19.0. The van der Waals surface area contributed by atoms with Crippen LogP contribution in [0.3, 0.4) is 0 Å². The van der Waals surface area contributed by atoms with Crippen LogP contribution in [0.1, 0.15) is 53.9 Å². The fourth-order valence-electron chi connectivity index (χ4n) is 3.92. The van der Waals surface area contributed by atoms with Crippen molar-refractivity contribution in [1.29, 1.82) is 0 Å². The predicted octanol–water partition coefficient (Wildman–Crippen LogP) is 2.04. The molecule has 0 aromatic heterocycles. The minimum absolute atomic E-state index is 0.196. The molecular weight excluding hydrogens is 388 g/mol. The Hall–Kier alpha value is -1.90. The van der Waals surface area contributed by atoms with Crippen LogP contribution in [-0.4, -0.2) is 59.3 Å². The number of hydrogen-bond acceptors (Lipinski definition) is 6. The van der Waals surface area contributed by atoms with Crippen LogP contribution in [0, 0.1) is 11.8 Å². The van der Waals surface area contributed by atoms with Gasteiger partial charge in [0.1, 0.15) is 18.2 Å². The Kier molecular flexibility index (Phi) is 9.52. The van der Waals surface area contributed by atoms with Gasteiger partial charge in [0.15, 0.2) is 0 Å². The van der Waals surface area contributed by atoms with Gasteiger partial charge in [-0.3, -0.25) is 4.79 Å². The molecule has 0 aromatic rings. The van der Waals surface area contributed by atoms with Gasteiger partial charge in [-0.25, -0.2) is 4.79 Å². The molecule has 0 heterocycles. The zero-order valence-electron chi connectivity index (χ0n) is 19.0. The fraction of sp³-hybridized carbons (Fsp3) is 0.727. The van der Waals surface area contributed by atoms with Crippen molar-refractivity contribution in [3.8, 4) is 0 Å². The molecule has 1 rings (SSSR count). The highest BCUT2D eigenvalue weighted by atomic mass is 16.6. The molecule has 8 nitrogen and oxygen atoms in total. The third-order valence-corrected chi connectivity index (χ3v) is 5.65. The monoisotopic (exact) mass is 426 g/mol. The number of nitrogens with one attached hydrogen (secondary N) is 1. The van der Waals surface area contributed by atoms with E-state index in [1.807, 2.05) is 19.9 Å². The summed E-state index contributed by atoms with van der Waals surface area (Å²) >= 11 is 0. The maximum Gasteiger partial charge on any atom is 0.408 e. The number of aliphatic hydroxyl groups excluding tert-OH is 1. The van der Waals surface area contributed by atoms with E-state index in [1.54, 1.807) is 20.8 Å². The minimum Gasteiger partial charge on any atom is -0.443 e. The second-order valence-electron chi connectivity index (χ2n) is 8.89. The molecule has 2 unspecified atom stereocenters. The van der Waals surface area contributed by atoms with Gasteiger partial charge in [-0.15, -0.1) is 0 Å². The van der Waals surface area contributed by atoms with Gasteiger partial charge in [0, 0.05) is 13.0 Å². The van der Waals surface area contributed by atoms with Crippen LogP contribution in [0.4, 0.5) is 4.79 Å². The molecule has 172 valence electrons. The highest BCUT2D eigenvalue weighted by Crippen LogP contribution is 2.42. The third-order valence-electron chi connectivity index (χ3n) is 5.65. The number of nitrogens with two attached hydrogens (primary N) is 1. The molecule has 0 spiro atoms. The van der Waals surface area contributed by atoms with E-state index in [4.69, 9.17) is 15.2 Å². The van der Waals surface area contributed by atoms with Gasteiger partial charge in [0.05, 0.1) is 11.7 Å². The van der Waals surface area contributed by atoms with Crippen molar-refractivity contribution in [1.82, 2.24) is 5.32 Å². The summed E-state index contributed by atoms with van der Waals surface area (Å²) < 4.78 is 11.2. The standard InChI is InChI=1S/C22H38N2O6/c1-12(2)8-9-15(25)14(5)17-19(29-7)16(10-11-22(17,6)28)30-21(27)24-18(13(3)4)20(23)26/h8,13,15-19,25,28H,5,9-11H2,1-4,6-7H3,(H2,23,26)(H,24,27)/t15?,16-,17?,18-,19-,22-/m1/s1. The Morgan fingerprint density at radius 1 is 1.37 bits per heavy atom. The Morgan fingerprint density at radius 2 is 1.97 bits per heavy atom. The molecule has 1 aliphatic carbocycles. The number of ether oxygens (including phenoxy) is 2. The number of alkyl carbamates (subject to hydrolysis) is 1. The number of allylic oxidation sites excluding steroid dienone is 1. The van der Waals surface area contributed by atoms with Crippen molar-refractivity contribution in [2.75, 3.05) is 7.11 Å². The summed E-state index contributed by atoms with van der Waals surface area (Å²) in [6.45, 7) is 13.1. The van der Waals surface area contributed by atoms with Crippen LogP contribution < -0.4 is 11.1 Å². The largest absolute Gasteiger partial charge is 0.443 e. The van der Waals surface area contributed by atoms with Crippen LogP contribution in [0.2, 0.25) is 0 Å². The molecule has 1 aliphatic rings. The Morgan fingerprint density at radius 3 is 2.43 bits per heavy atom. The van der Waals surface area contributed by atoms with Crippen LogP contribution in [0.25, 0.3) is 0 Å². The maximum absolute atomic E-state index is 12.4. The van der Waals surface area contributed by atoms with Gasteiger partial charge >= 0.3 is 6.09 Å². The van der Waals surface area contributed by atoms with Gasteiger partial charge in [-0.1, -0.05) is 32.1 Å². The maximum atomic E-state index is 12.4. The summed E-state index contributed by atoms with van der Waals surface area (Å²) in [5.41, 5.74) is 5.64. The number of carbonyl (C=O) groups is 2. The highest BCUT2D eigenvalue weighted by molar-refractivity contribution is 5.84. The predicted molar refractivity (Wildman–Crippen MR) is 115 cm³/mol. The summed E-state index contributed by atoms with van der Waals surface area (Å²) in [6.07, 6.45) is -0.106. The van der Waals surface area contributed by atoms with Crippen LogP contribution in [0.15, 0.2) is 23.8 Å². The first-order chi connectivity index (χ1) is 13.8. The topological polar surface area (TPSA) is 131 Å². The van der Waals surface area contributed by atoms with Crippen LogP contribution in [-0.2, 0) is 14.3 Å². The molecule has 5 N–H and O–H groups in total. The molecule has 30 heavy (non-hydrogen) atoms.